The molecule has 1 amide bonds. The summed E-state index contributed by atoms with van der Waals surface area (Å²) in [6.45, 7) is 2.09. The van der Waals surface area contributed by atoms with Gasteiger partial charge in [-0.05, 0) is 48.6 Å². The second-order valence-electron chi connectivity index (χ2n) is 5.55. The van der Waals surface area contributed by atoms with Crippen LogP contribution in [0.15, 0.2) is 48.5 Å². The molecule has 0 heterocycles. The first kappa shape index (κ1) is 14.2. The number of amides is 1. The molecule has 1 N–H and O–H groups in total. The van der Waals surface area contributed by atoms with Crippen LogP contribution in [0, 0.1) is 0 Å². The van der Waals surface area contributed by atoms with Gasteiger partial charge >= 0.3 is 0 Å². The Balaban J connectivity index is 1.83. The second-order valence-corrected chi connectivity index (χ2v) is 5.99. The number of anilines is 1. The van der Waals surface area contributed by atoms with E-state index in [1.165, 1.54) is 0 Å². The van der Waals surface area contributed by atoms with E-state index in [1.807, 2.05) is 42.5 Å². The monoisotopic (exact) mass is 299 g/mol. The zero-order valence-electron chi connectivity index (χ0n) is 12.0. The Morgan fingerprint density at radius 3 is 2.43 bits per heavy atom. The summed E-state index contributed by atoms with van der Waals surface area (Å²) in [6, 6.07) is 15.6. The zero-order chi connectivity index (χ0) is 14.9. The molecule has 3 heteroatoms. The number of carbonyl (C=O) groups excluding carboxylic acids is 1. The Bertz CT molecular complexity index is 659. The highest BCUT2D eigenvalue weighted by atomic mass is 35.5. The molecule has 0 atom stereocenters. The summed E-state index contributed by atoms with van der Waals surface area (Å²) in [7, 11) is 0. The number of halogens is 1. The minimum Gasteiger partial charge on any atom is -0.325 e. The number of aryl methyl sites for hydroxylation is 1. The fourth-order valence-electron chi connectivity index (χ4n) is 2.73. The molecule has 2 aromatic rings. The van der Waals surface area contributed by atoms with Gasteiger partial charge in [0.25, 0.3) is 0 Å². The largest absolute Gasteiger partial charge is 0.325 e. The van der Waals surface area contributed by atoms with Crippen LogP contribution in [0.3, 0.4) is 0 Å². The minimum absolute atomic E-state index is 0.0886. The predicted octanol–water partition coefficient (Wildman–Crippen LogP) is 4.57. The third-order valence-corrected chi connectivity index (χ3v) is 4.48. The highest BCUT2D eigenvalue weighted by Crippen LogP contribution is 2.49. The van der Waals surface area contributed by atoms with Crippen LogP contribution >= 0.6 is 11.6 Å². The van der Waals surface area contributed by atoms with Crippen molar-refractivity contribution in [1.82, 2.24) is 0 Å². The first-order valence-electron chi connectivity index (χ1n) is 7.31. The Labute approximate surface area is 130 Å². The van der Waals surface area contributed by atoms with Gasteiger partial charge in [-0.15, -0.1) is 0 Å². The van der Waals surface area contributed by atoms with E-state index >= 15 is 0 Å². The quantitative estimate of drug-likeness (QED) is 0.880. The van der Waals surface area contributed by atoms with Crippen molar-refractivity contribution in [3.8, 4) is 0 Å². The summed E-state index contributed by atoms with van der Waals surface area (Å²) in [5, 5.41) is 3.81. The molecule has 0 unspecified atom stereocenters. The van der Waals surface area contributed by atoms with Gasteiger partial charge in [0, 0.05) is 10.7 Å². The van der Waals surface area contributed by atoms with Crippen molar-refractivity contribution in [3.63, 3.8) is 0 Å². The van der Waals surface area contributed by atoms with E-state index in [2.05, 4.69) is 18.3 Å². The first-order chi connectivity index (χ1) is 10.2. The van der Waals surface area contributed by atoms with Crippen LogP contribution in [0.4, 0.5) is 5.69 Å². The Morgan fingerprint density at radius 2 is 1.81 bits per heavy atom. The number of benzene rings is 2. The lowest BCUT2D eigenvalue weighted by atomic mass is 9.94. The molecule has 0 aromatic heterocycles. The third-order valence-electron chi connectivity index (χ3n) is 4.23. The molecule has 2 nitrogen and oxygen atoms in total. The van der Waals surface area contributed by atoms with Crippen molar-refractivity contribution in [2.75, 3.05) is 5.32 Å². The molecule has 108 valence electrons. The molecule has 0 bridgehead atoms. The highest BCUT2D eigenvalue weighted by Gasteiger charge is 2.51. The van der Waals surface area contributed by atoms with Gasteiger partial charge in [0.1, 0.15) is 0 Å². The van der Waals surface area contributed by atoms with Crippen LogP contribution in [-0.4, -0.2) is 5.91 Å². The summed E-state index contributed by atoms with van der Waals surface area (Å²) in [6.07, 6.45) is 2.70. The van der Waals surface area contributed by atoms with Gasteiger partial charge in [-0.3, -0.25) is 4.79 Å². The van der Waals surface area contributed by atoms with Crippen LogP contribution in [0.25, 0.3) is 0 Å². The summed E-state index contributed by atoms with van der Waals surface area (Å²) in [5.74, 6) is 0.0886. The van der Waals surface area contributed by atoms with Crippen molar-refractivity contribution in [1.29, 1.82) is 0 Å². The lowest BCUT2D eigenvalue weighted by molar-refractivity contribution is -0.118. The number of hydrogen-bond donors (Lipinski definition) is 1. The van der Waals surface area contributed by atoms with Crippen molar-refractivity contribution in [3.05, 3.63) is 64.7 Å². The molecular formula is C18H18ClNO. The number of rotatable bonds is 4. The van der Waals surface area contributed by atoms with Crippen molar-refractivity contribution in [2.45, 2.75) is 31.6 Å². The zero-order valence-corrected chi connectivity index (χ0v) is 12.8. The Kier molecular flexibility index (Phi) is 3.73. The van der Waals surface area contributed by atoms with E-state index in [-0.39, 0.29) is 11.3 Å². The Hall–Kier alpha value is -1.80. The highest BCUT2D eigenvalue weighted by molar-refractivity contribution is 6.30. The van der Waals surface area contributed by atoms with E-state index in [1.54, 1.807) is 0 Å². The second kappa shape index (κ2) is 5.53. The van der Waals surface area contributed by atoms with E-state index in [0.717, 1.165) is 36.1 Å². The minimum atomic E-state index is -0.370. The van der Waals surface area contributed by atoms with Crippen LogP contribution in [0.2, 0.25) is 5.02 Å². The molecular weight excluding hydrogens is 282 g/mol. The summed E-state index contributed by atoms with van der Waals surface area (Å²) in [5.41, 5.74) is 2.77. The molecule has 1 aliphatic rings. The van der Waals surface area contributed by atoms with E-state index in [4.69, 9.17) is 11.6 Å². The molecule has 1 fully saturated rings. The molecule has 0 aliphatic heterocycles. The van der Waals surface area contributed by atoms with Gasteiger partial charge in [-0.1, -0.05) is 48.9 Å². The lowest BCUT2D eigenvalue weighted by Crippen LogP contribution is -2.28. The van der Waals surface area contributed by atoms with Crippen LogP contribution < -0.4 is 5.32 Å². The summed E-state index contributed by atoms with van der Waals surface area (Å²) < 4.78 is 0. The molecule has 0 saturated heterocycles. The number of nitrogens with one attached hydrogen (secondary N) is 1. The average molecular weight is 300 g/mol. The van der Waals surface area contributed by atoms with Gasteiger partial charge in [-0.25, -0.2) is 0 Å². The van der Waals surface area contributed by atoms with E-state index < -0.39 is 0 Å². The molecule has 1 saturated carbocycles. The normalized spacial score (nSPS) is 15.5. The van der Waals surface area contributed by atoms with Crippen LogP contribution in [-0.2, 0) is 16.6 Å². The maximum absolute atomic E-state index is 12.7. The van der Waals surface area contributed by atoms with E-state index in [0.29, 0.717) is 5.02 Å². The average Bonchev–Trinajstić information content (AvgIpc) is 3.30. The topological polar surface area (TPSA) is 29.1 Å². The van der Waals surface area contributed by atoms with E-state index in [9.17, 15) is 4.79 Å². The standard InChI is InChI=1S/C18H18ClNO/c1-2-13-5-3-4-6-16(13)20-17(21)18(11-12-18)14-7-9-15(19)10-8-14/h3-10H,2,11-12H2,1H3,(H,20,21). The molecule has 21 heavy (non-hydrogen) atoms. The van der Waals surface area contributed by atoms with Crippen molar-refractivity contribution in [2.24, 2.45) is 0 Å². The van der Waals surface area contributed by atoms with Crippen molar-refractivity contribution >= 4 is 23.2 Å². The van der Waals surface area contributed by atoms with Crippen molar-refractivity contribution < 1.29 is 4.79 Å². The number of carbonyl (C=O) groups is 1. The number of para-hydroxylation sites is 1. The molecule has 2 aromatic carbocycles. The van der Waals surface area contributed by atoms with Gasteiger partial charge < -0.3 is 5.32 Å². The maximum atomic E-state index is 12.7. The molecule has 1 aliphatic carbocycles. The lowest BCUT2D eigenvalue weighted by Gasteiger charge is -2.17. The smallest absolute Gasteiger partial charge is 0.235 e. The fourth-order valence-corrected chi connectivity index (χ4v) is 2.86. The SMILES string of the molecule is CCc1ccccc1NC(=O)C1(c2ccc(Cl)cc2)CC1. The van der Waals surface area contributed by atoms with Gasteiger partial charge in [0.15, 0.2) is 0 Å². The van der Waals surface area contributed by atoms with Gasteiger partial charge in [-0.2, -0.15) is 0 Å². The molecule has 0 radical (unpaired) electrons. The third kappa shape index (κ3) is 2.68. The van der Waals surface area contributed by atoms with Gasteiger partial charge in [0.05, 0.1) is 5.41 Å². The predicted molar refractivity (Wildman–Crippen MR) is 86.8 cm³/mol. The molecule has 3 rings (SSSR count). The Morgan fingerprint density at radius 1 is 1.14 bits per heavy atom. The van der Waals surface area contributed by atoms with Gasteiger partial charge in [0.2, 0.25) is 5.91 Å². The summed E-state index contributed by atoms with van der Waals surface area (Å²) in [4.78, 5) is 12.7. The summed E-state index contributed by atoms with van der Waals surface area (Å²) >= 11 is 5.93. The fraction of sp³-hybridized carbons (Fsp3) is 0.278. The molecule has 0 spiro atoms. The number of hydrogen-bond acceptors (Lipinski definition) is 1. The first-order valence-corrected chi connectivity index (χ1v) is 7.69. The van der Waals surface area contributed by atoms with Crippen LogP contribution in [0.1, 0.15) is 30.9 Å². The maximum Gasteiger partial charge on any atom is 0.235 e. The van der Waals surface area contributed by atoms with Crippen LogP contribution in [0.5, 0.6) is 0 Å².